The Morgan fingerprint density at radius 2 is 1.79 bits per heavy atom. The van der Waals surface area contributed by atoms with Gasteiger partial charge in [0.2, 0.25) is 0 Å². The van der Waals surface area contributed by atoms with Crippen molar-refractivity contribution >= 4 is 67.1 Å². The van der Waals surface area contributed by atoms with Crippen LogP contribution < -0.4 is 10.1 Å². The number of ether oxygens (including phenoxy) is 1. The molecular formula is C26H21Cl2N3O6S. The van der Waals surface area contributed by atoms with Crippen molar-refractivity contribution in [3.63, 3.8) is 0 Å². The maximum Gasteiger partial charge on any atom is 0.298 e. The number of azo groups is 1. The Hall–Kier alpha value is -3.70. The molecule has 0 aliphatic rings. The monoisotopic (exact) mass is 573 g/mol. The van der Waals surface area contributed by atoms with E-state index in [1.807, 2.05) is 0 Å². The zero-order valence-electron chi connectivity index (χ0n) is 20.1. The van der Waals surface area contributed by atoms with E-state index < -0.39 is 26.7 Å². The van der Waals surface area contributed by atoms with E-state index in [1.54, 1.807) is 56.3 Å². The maximum absolute atomic E-state index is 13.2. The number of carbonyl (C=O) groups excluding carboxylic acids is 1. The van der Waals surface area contributed by atoms with Crippen molar-refractivity contribution < 1.29 is 27.6 Å². The van der Waals surface area contributed by atoms with Gasteiger partial charge in [-0.05, 0) is 49.1 Å². The number of phenolic OH excluding ortho intramolecular Hbond substituents is 1. The van der Waals surface area contributed by atoms with Gasteiger partial charge in [0, 0.05) is 17.1 Å². The number of nitrogens with one attached hydrogen (secondary N) is 1. The van der Waals surface area contributed by atoms with Crippen molar-refractivity contribution in [2.24, 2.45) is 10.2 Å². The molecule has 4 aromatic rings. The minimum absolute atomic E-state index is 0.0858. The molecule has 0 aliphatic carbocycles. The highest BCUT2D eigenvalue weighted by molar-refractivity contribution is 7.86. The van der Waals surface area contributed by atoms with Crippen LogP contribution in [0.2, 0.25) is 10.0 Å². The standard InChI is InChI=1S/C26H21Cl2N3O6S/c1-3-37-21-13-16(9-10-19(21)27)29-26(33)18-12-15-6-4-5-7-17(15)23(24(18)32)31-30-20-11-8-14(2)22(28)25(20)38(34,35)36/h4-13,32H,3H2,1-2H3,(H,29,33)(H,34,35,36). The summed E-state index contributed by atoms with van der Waals surface area (Å²) < 4.78 is 39.1. The van der Waals surface area contributed by atoms with Crippen LogP contribution in [0.4, 0.5) is 17.1 Å². The lowest BCUT2D eigenvalue weighted by Crippen LogP contribution is -2.12. The van der Waals surface area contributed by atoms with Crippen molar-refractivity contribution in [2.75, 3.05) is 11.9 Å². The number of phenols is 1. The van der Waals surface area contributed by atoms with Crippen LogP contribution in [-0.4, -0.2) is 30.6 Å². The number of halogens is 2. The van der Waals surface area contributed by atoms with Gasteiger partial charge in [-0.25, -0.2) is 0 Å². The summed E-state index contributed by atoms with van der Waals surface area (Å²) in [6.45, 7) is 3.74. The van der Waals surface area contributed by atoms with Crippen LogP contribution in [0.3, 0.4) is 0 Å². The summed E-state index contributed by atoms with van der Waals surface area (Å²) >= 11 is 12.2. The highest BCUT2D eigenvalue weighted by Crippen LogP contribution is 2.41. The van der Waals surface area contributed by atoms with Gasteiger partial charge in [0.25, 0.3) is 16.0 Å². The average molecular weight is 574 g/mol. The minimum Gasteiger partial charge on any atom is -0.505 e. The number of aromatic hydroxyl groups is 1. The molecule has 4 aromatic carbocycles. The topological polar surface area (TPSA) is 138 Å². The molecular weight excluding hydrogens is 553 g/mol. The fourth-order valence-corrected chi connectivity index (χ4v) is 5.09. The molecule has 38 heavy (non-hydrogen) atoms. The van der Waals surface area contributed by atoms with E-state index in [4.69, 9.17) is 27.9 Å². The smallest absolute Gasteiger partial charge is 0.298 e. The molecule has 9 nitrogen and oxygen atoms in total. The van der Waals surface area contributed by atoms with Gasteiger partial charge in [-0.2, -0.15) is 8.42 Å². The Morgan fingerprint density at radius 1 is 1.05 bits per heavy atom. The number of hydrogen-bond donors (Lipinski definition) is 3. The number of carbonyl (C=O) groups is 1. The molecule has 0 saturated heterocycles. The second kappa shape index (κ2) is 11.0. The molecule has 0 heterocycles. The lowest BCUT2D eigenvalue weighted by atomic mass is 10.0. The maximum atomic E-state index is 13.2. The summed E-state index contributed by atoms with van der Waals surface area (Å²) in [6, 6.07) is 15.8. The lowest BCUT2D eigenvalue weighted by Gasteiger charge is -2.13. The van der Waals surface area contributed by atoms with Crippen LogP contribution in [0.25, 0.3) is 10.8 Å². The van der Waals surface area contributed by atoms with Gasteiger partial charge in [-0.1, -0.05) is 53.5 Å². The Labute approximate surface area is 228 Å². The first-order valence-corrected chi connectivity index (χ1v) is 13.4. The zero-order valence-corrected chi connectivity index (χ0v) is 22.4. The largest absolute Gasteiger partial charge is 0.505 e. The summed E-state index contributed by atoms with van der Waals surface area (Å²) in [5.74, 6) is -0.752. The zero-order chi connectivity index (χ0) is 27.6. The first-order chi connectivity index (χ1) is 18.0. The molecule has 0 atom stereocenters. The molecule has 0 spiro atoms. The van der Waals surface area contributed by atoms with Gasteiger partial charge in [-0.15, -0.1) is 10.2 Å². The predicted molar refractivity (Wildman–Crippen MR) is 146 cm³/mol. The molecule has 3 N–H and O–H groups in total. The van der Waals surface area contributed by atoms with Crippen LogP contribution in [0.5, 0.6) is 11.5 Å². The number of rotatable bonds is 7. The molecule has 0 saturated carbocycles. The van der Waals surface area contributed by atoms with Gasteiger partial charge in [0.05, 0.1) is 22.2 Å². The number of benzene rings is 4. The minimum atomic E-state index is -4.74. The summed E-state index contributed by atoms with van der Waals surface area (Å²) in [7, 11) is -4.74. The molecule has 0 unspecified atom stereocenters. The van der Waals surface area contributed by atoms with E-state index in [-0.39, 0.29) is 22.0 Å². The SMILES string of the molecule is CCOc1cc(NC(=O)c2cc3ccccc3c(N=Nc3ccc(C)c(Cl)c3S(=O)(=O)O)c2O)ccc1Cl. The molecule has 12 heteroatoms. The van der Waals surface area contributed by atoms with E-state index >= 15 is 0 Å². The Bertz CT molecular complexity index is 1710. The van der Waals surface area contributed by atoms with Crippen LogP contribution in [-0.2, 0) is 10.1 Å². The Morgan fingerprint density at radius 3 is 2.50 bits per heavy atom. The van der Waals surface area contributed by atoms with Crippen LogP contribution >= 0.6 is 23.2 Å². The van der Waals surface area contributed by atoms with E-state index in [9.17, 15) is 22.9 Å². The van der Waals surface area contributed by atoms with Crippen molar-refractivity contribution in [3.05, 3.63) is 81.8 Å². The predicted octanol–water partition coefficient (Wildman–Crippen LogP) is 7.47. The highest BCUT2D eigenvalue weighted by Gasteiger charge is 2.23. The van der Waals surface area contributed by atoms with Crippen molar-refractivity contribution in [1.82, 2.24) is 0 Å². The molecule has 4 rings (SSSR count). The summed E-state index contributed by atoms with van der Waals surface area (Å²) in [4.78, 5) is 12.6. The molecule has 0 radical (unpaired) electrons. The first kappa shape index (κ1) is 27.3. The van der Waals surface area contributed by atoms with E-state index in [2.05, 4.69) is 15.5 Å². The summed E-state index contributed by atoms with van der Waals surface area (Å²) in [5.41, 5.74) is 0.344. The third-order valence-corrected chi connectivity index (χ3v) is 7.35. The van der Waals surface area contributed by atoms with Gasteiger partial charge in [0.1, 0.15) is 22.0 Å². The number of amides is 1. The molecule has 196 valence electrons. The number of hydrogen-bond acceptors (Lipinski definition) is 7. The molecule has 0 aromatic heterocycles. The van der Waals surface area contributed by atoms with Gasteiger partial charge >= 0.3 is 0 Å². The number of fused-ring (bicyclic) bond motifs is 1. The number of nitrogens with zero attached hydrogens (tertiary/aromatic N) is 2. The number of aryl methyl sites for hydroxylation is 1. The van der Waals surface area contributed by atoms with Crippen molar-refractivity contribution in [2.45, 2.75) is 18.7 Å². The fourth-order valence-electron chi connectivity index (χ4n) is 3.71. The van der Waals surface area contributed by atoms with Gasteiger partial charge < -0.3 is 15.2 Å². The lowest BCUT2D eigenvalue weighted by molar-refractivity contribution is 0.102. The quantitative estimate of drug-likeness (QED) is 0.155. The molecule has 1 amide bonds. The van der Waals surface area contributed by atoms with Crippen LogP contribution in [0.1, 0.15) is 22.8 Å². The third-order valence-electron chi connectivity index (χ3n) is 5.51. The van der Waals surface area contributed by atoms with Crippen molar-refractivity contribution in [1.29, 1.82) is 0 Å². The Balaban J connectivity index is 1.80. The second-order valence-corrected chi connectivity index (χ2v) is 10.2. The van der Waals surface area contributed by atoms with E-state index in [1.165, 1.54) is 18.2 Å². The van der Waals surface area contributed by atoms with Gasteiger partial charge in [0.15, 0.2) is 5.75 Å². The van der Waals surface area contributed by atoms with Crippen LogP contribution in [0, 0.1) is 6.92 Å². The first-order valence-electron chi connectivity index (χ1n) is 11.2. The summed E-state index contributed by atoms with van der Waals surface area (Å²) in [6.07, 6.45) is 0. The molecule has 0 aliphatic heterocycles. The average Bonchev–Trinajstić information content (AvgIpc) is 2.86. The van der Waals surface area contributed by atoms with E-state index in [0.29, 0.717) is 39.4 Å². The second-order valence-electron chi connectivity index (χ2n) is 8.09. The van der Waals surface area contributed by atoms with Crippen LogP contribution in [0.15, 0.2) is 75.8 Å². The highest BCUT2D eigenvalue weighted by atomic mass is 35.5. The molecule has 0 bridgehead atoms. The fraction of sp³-hybridized carbons (Fsp3) is 0.115. The van der Waals surface area contributed by atoms with E-state index in [0.717, 1.165) is 0 Å². The Kier molecular flexibility index (Phi) is 7.89. The molecule has 0 fully saturated rings. The summed E-state index contributed by atoms with van der Waals surface area (Å²) in [5, 5.41) is 23.0. The number of anilines is 1. The van der Waals surface area contributed by atoms with Crippen molar-refractivity contribution in [3.8, 4) is 11.5 Å². The normalized spacial score (nSPS) is 11.7. The third kappa shape index (κ3) is 5.58. The van der Waals surface area contributed by atoms with Gasteiger partial charge in [-0.3, -0.25) is 9.35 Å².